The summed E-state index contributed by atoms with van der Waals surface area (Å²) in [5, 5.41) is 0. The van der Waals surface area contributed by atoms with Crippen molar-refractivity contribution in [2.75, 3.05) is 0 Å². The van der Waals surface area contributed by atoms with Crippen LogP contribution in [0.25, 0.3) is 5.76 Å². The zero-order valence-corrected chi connectivity index (χ0v) is 11.7. The predicted molar refractivity (Wildman–Crippen MR) is 73.7 cm³/mol. The molecule has 0 saturated carbocycles. The van der Waals surface area contributed by atoms with E-state index in [9.17, 15) is 9.00 Å². The molecule has 4 nitrogen and oxygen atoms in total. The van der Waals surface area contributed by atoms with Crippen molar-refractivity contribution in [3.8, 4) is 0 Å². The van der Waals surface area contributed by atoms with Crippen molar-refractivity contribution in [1.82, 2.24) is 0 Å². The molecule has 1 N–H and O–H groups in total. The lowest BCUT2D eigenvalue weighted by Gasteiger charge is -2.21. The van der Waals surface area contributed by atoms with Gasteiger partial charge in [0.05, 0.1) is 5.75 Å². The Labute approximate surface area is 114 Å². The highest BCUT2D eigenvalue weighted by molar-refractivity contribution is 7.78. The zero-order chi connectivity index (χ0) is 14.0. The molecule has 0 aromatic heterocycles. The van der Waals surface area contributed by atoms with Gasteiger partial charge in [-0.2, -0.15) is 0 Å². The molecule has 1 aliphatic rings. The summed E-state index contributed by atoms with van der Waals surface area (Å²) in [7, 11) is 0. The number of carbonyl (C=O) groups excluding carboxylic acids is 1. The summed E-state index contributed by atoms with van der Waals surface area (Å²) in [5.41, 5.74) is 0.811. The maximum atomic E-state index is 11.8. The van der Waals surface area contributed by atoms with E-state index in [0.717, 1.165) is 11.1 Å². The Hall–Kier alpha value is -1.46. The first kappa shape index (κ1) is 14.0. The van der Waals surface area contributed by atoms with Crippen molar-refractivity contribution >= 4 is 22.6 Å². The number of ketones is 1. The van der Waals surface area contributed by atoms with Crippen molar-refractivity contribution in [1.29, 1.82) is 0 Å². The average molecular weight is 280 g/mol. The normalized spacial score (nSPS) is 23.9. The maximum Gasteiger partial charge on any atom is 0.202 e. The highest BCUT2D eigenvalue weighted by Gasteiger charge is 2.38. The molecule has 0 aliphatic carbocycles. The molecule has 2 unspecified atom stereocenters. The summed E-state index contributed by atoms with van der Waals surface area (Å²) in [6.45, 7) is 3.69. The molecule has 19 heavy (non-hydrogen) atoms. The van der Waals surface area contributed by atoms with Crippen LogP contribution in [0.1, 0.15) is 31.4 Å². The first-order valence-corrected chi connectivity index (χ1v) is 7.34. The van der Waals surface area contributed by atoms with E-state index < -0.39 is 16.7 Å². The molecule has 2 rings (SSSR count). The Morgan fingerprint density at radius 3 is 2.42 bits per heavy atom. The van der Waals surface area contributed by atoms with Crippen LogP contribution in [0.4, 0.5) is 0 Å². The smallest absolute Gasteiger partial charge is 0.202 e. The van der Waals surface area contributed by atoms with Crippen LogP contribution in [0.5, 0.6) is 0 Å². The Kier molecular flexibility index (Phi) is 3.87. The van der Waals surface area contributed by atoms with Crippen LogP contribution in [-0.4, -0.2) is 20.1 Å². The fraction of sp³-hybridized carbons (Fsp3) is 0.357. The van der Waals surface area contributed by atoms with Crippen molar-refractivity contribution in [2.24, 2.45) is 0 Å². The van der Waals surface area contributed by atoms with E-state index in [2.05, 4.69) is 0 Å². The number of hydrogen-bond acceptors (Lipinski definition) is 3. The van der Waals surface area contributed by atoms with Gasteiger partial charge < -0.3 is 9.29 Å². The Bertz CT molecular complexity index is 547. The standard InChI is InChI=1S/C14H16O4S/c1-3-14(2)13(15)8-12(18-14)11-6-4-10(5-7-11)9-19(16)17/h4-8H,3,9H2,1-2H3,(H,16,17). The summed E-state index contributed by atoms with van der Waals surface area (Å²) in [4.78, 5) is 11.8. The molecule has 0 bridgehead atoms. The molecule has 0 spiro atoms. The van der Waals surface area contributed by atoms with Crippen molar-refractivity contribution < 1.29 is 18.3 Å². The molecule has 1 aliphatic heterocycles. The molecule has 0 amide bonds. The van der Waals surface area contributed by atoms with E-state index >= 15 is 0 Å². The van der Waals surface area contributed by atoms with Gasteiger partial charge in [0.15, 0.2) is 16.7 Å². The van der Waals surface area contributed by atoms with E-state index in [-0.39, 0.29) is 11.5 Å². The van der Waals surface area contributed by atoms with Gasteiger partial charge in [0.1, 0.15) is 5.76 Å². The molecule has 0 fully saturated rings. The van der Waals surface area contributed by atoms with Gasteiger partial charge in [-0.25, -0.2) is 4.21 Å². The SMILES string of the molecule is CCC1(C)OC(c2ccc(CS(=O)O)cc2)=CC1=O. The summed E-state index contributed by atoms with van der Waals surface area (Å²) >= 11 is -1.84. The minimum Gasteiger partial charge on any atom is -0.479 e. The molecule has 1 aromatic carbocycles. The quantitative estimate of drug-likeness (QED) is 0.861. The van der Waals surface area contributed by atoms with Crippen molar-refractivity contribution in [3.63, 3.8) is 0 Å². The van der Waals surface area contributed by atoms with E-state index in [4.69, 9.17) is 9.29 Å². The van der Waals surface area contributed by atoms with Crippen LogP contribution in [-0.2, 0) is 26.4 Å². The van der Waals surface area contributed by atoms with Gasteiger partial charge in [-0.15, -0.1) is 0 Å². The Morgan fingerprint density at radius 2 is 1.95 bits per heavy atom. The molecule has 0 saturated heterocycles. The molecule has 2 atom stereocenters. The van der Waals surface area contributed by atoms with Crippen LogP contribution in [0, 0.1) is 0 Å². The summed E-state index contributed by atoms with van der Waals surface area (Å²) < 4.78 is 25.2. The van der Waals surface area contributed by atoms with Crippen LogP contribution in [0.2, 0.25) is 0 Å². The van der Waals surface area contributed by atoms with Gasteiger partial charge in [0, 0.05) is 11.6 Å². The van der Waals surface area contributed by atoms with E-state index in [0.29, 0.717) is 12.2 Å². The lowest BCUT2D eigenvalue weighted by molar-refractivity contribution is -0.127. The highest BCUT2D eigenvalue weighted by Crippen LogP contribution is 2.33. The van der Waals surface area contributed by atoms with Gasteiger partial charge >= 0.3 is 0 Å². The van der Waals surface area contributed by atoms with E-state index in [1.165, 1.54) is 6.08 Å². The van der Waals surface area contributed by atoms with Crippen LogP contribution < -0.4 is 0 Å². The van der Waals surface area contributed by atoms with Gasteiger partial charge in [0.25, 0.3) is 0 Å². The molecular weight excluding hydrogens is 264 g/mol. The lowest BCUT2D eigenvalue weighted by atomic mass is 9.99. The largest absolute Gasteiger partial charge is 0.479 e. The maximum absolute atomic E-state index is 11.8. The minimum absolute atomic E-state index is 0.0226. The van der Waals surface area contributed by atoms with Gasteiger partial charge in [0.2, 0.25) is 5.78 Å². The van der Waals surface area contributed by atoms with Crippen LogP contribution in [0.3, 0.4) is 0 Å². The number of benzene rings is 1. The average Bonchev–Trinajstić information content (AvgIpc) is 2.67. The Morgan fingerprint density at radius 1 is 1.32 bits per heavy atom. The second kappa shape index (κ2) is 5.27. The molecule has 5 heteroatoms. The molecule has 102 valence electrons. The number of hydrogen-bond donors (Lipinski definition) is 1. The van der Waals surface area contributed by atoms with Crippen LogP contribution >= 0.6 is 0 Å². The van der Waals surface area contributed by atoms with Gasteiger partial charge in [-0.1, -0.05) is 31.2 Å². The molecule has 1 aromatic rings. The highest BCUT2D eigenvalue weighted by atomic mass is 32.2. The third-order valence-corrected chi connectivity index (χ3v) is 3.90. The lowest BCUT2D eigenvalue weighted by Crippen LogP contribution is -2.31. The summed E-state index contributed by atoms with van der Waals surface area (Å²) in [6.07, 6.45) is 2.14. The Balaban J connectivity index is 2.18. The summed E-state index contributed by atoms with van der Waals surface area (Å²) in [6, 6.07) is 7.12. The molecule has 0 radical (unpaired) electrons. The summed E-state index contributed by atoms with van der Waals surface area (Å²) in [5.74, 6) is 0.641. The fourth-order valence-electron chi connectivity index (χ4n) is 1.89. The fourth-order valence-corrected chi connectivity index (χ4v) is 2.37. The number of ether oxygens (including phenoxy) is 1. The van der Waals surface area contributed by atoms with Crippen molar-refractivity contribution in [2.45, 2.75) is 31.6 Å². The van der Waals surface area contributed by atoms with Gasteiger partial charge in [-0.3, -0.25) is 4.79 Å². The van der Waals surface area contributed by atoms with Gasteiger partial charge in [-0.05, 0) is 18.9 Å². The minimum atomic E-state index is -1.84. The third-order valence-electron chi connectivity index (χ3n) is 3.32. The monoisotopic (exact) mass is 280 g/mol. The van der Waals surface area contributed by atoms with Crippen LogP contribution in [0.15, 0.2) is 30.3 Å². The number of carbonyl (C=O) groups is 1. The first-order valence-electron chi connectivity index (χ1n) is 6.06. The predicted octanol–water partition coefficient (Wildman–Crippen LogP) is 2.52. The topological polar surface area (TPSA) is 63.6 Å². The molecule has 1 heterocycles. The second-order valence-corrected chi connectivity index (χ2v) is 5.65. The third kappa shape index (κ3) is 2.93. The number of rotatable bonds is 4. The second-order valence-electron chi connectivity index (χ2n) is 4.72. The van der Waals surface area contributed by atoms with E-state index in [1.807, 2.05) is 6.92 Å². The first-order chi connectivity index (χ1) is 8.94. The van der Waals surface area contributed by atoms with E-state index in [1.54, 1.807) is 31.2 Å². The zero-order valence-electron chi connectivity index (χ0n) is 10.9. The van der Waals surface area contributed by atoms with Crippen molar-refractivity contribution in [3.05, 3.63) is 41.5 Å². The molecular formula is C14H16O4S.